The number of carbonyl (C=O) groups excluding carboxylic acids is 3. The van der Waals surface area contributed by atoms with Gasteiger partial charge in [-0.15, -0.1) is 0 Å². The molecule has 1 aromatic carbocycles. The Morgan fingerprint density at radius 2 is 1.91 bits per heavy atom. The molecule has 0 bridgehead atoms. The number of ether oxygens (including phenoxy) is 1. The first-order valence-electron chi connectivity index (χ1n) is 11.1. The van der Waals surface area contributed by atoms with Gasteiger partial charge < -0.3 is 31.7 Å². The molecule has 11 nitrogen and oxygen atoms in total. The molecule has 1 aromatic heterocycles. The Labute approximate surface area is 199 Å². The molecule has 34 heavy (non-hydrogen) atoms. The molecule has 0 saturated carbocycles. The summed E-state index contributed by atoms with van der Waals surface area (Å²) in [7, 11) is 1.91. The van der Waals surface area contributed by atoms with Crippen molar-refractivity contribution in [1.29, 1.82) is 0 Å². The number of aromatic nitrogens is 2. The number of nitrogens with one attached hydrogen (secondary N) is 2. The molecule has 1 heterocycles. The van der Waals surface area contributed by atoms with Gasteiger partial charge in [-0.25, -0.2) is 14.8 Å². The summed E-state index contributed by atoms with van der Waals surface area (Å²) < 4.78 is 4.66. The van der Waals surface area contributed by atoms with E-state index >= 15 is 0 Å². The van der Waals surface area contributed by atoms with Gasteiger partial charge in [0.1, 0.15) is 6.61 Å². The first-order valence-corrected chi connectivity index (χ1v) is 11.1. The molecule has 0 unspecified atom stereocenters. The molecule has 6 N–H and O–H groups in total. The van der Waals surface area contributed by atoms with E-state index in [1.807, 2.05) is 50.1 Å². The third-order valence-corrected chi connectivity index (χ3v) is 5.18. The smallest absolute Gasteiger partial charge is 0.404 e. The first kappa shape index (κ1) is 26.4. The van der Waals surface area contributed by atoms with Gasteiger partial charge in [0, 0.05) is 25.8 Å². The van der Waals surface area contributed by atoms with E-state index in [9.17, 15) is 14.4 Å². The van der Waals surface area contributed by atoms with Crippen molar-refractivity contribution in [3.05, 3.63) is 41.2 Å². The van der Waals surface area contributed by atoms with Crippen LogP contribution in [-0.2, 0) is 22.4 Å². The standard InChI is InChI=1S/C23H33N7O4/c1-5-17-21(30(4)6-2)29-20(18(28-17)19(24)31)27-16-9-7-8-15(12-16)10-11-26-22(32)14(3)13-34-23(25)33/h7-9,12,14H,5-6,10-11,13H2,1-4H3,(H2,24,31)(H2,25,33)(H,26,32)(H,27,29)/t14-/m0/s1. The Morgan fingerprint density at radius 1 is 1.18 bits per heavy atom. The second-order valence-corrected chi connectivity index (χ2v) is 7.82. The fourth-order valence-corrected chi connectivity index (χ4v) is 3.14. The van der Waals surface area contributed by atoms with Crippen LogP contribution in [0.2, 0.25) is 0 Å². The van der Waals surface area contributed by atoms with E-state index < -0.39 is 17.9 Å². The minimum atomic E-state index is -0.911. The quantitative estimate of drug-likeness (QED) is 0.363. The van der Waals surface area contributed by atoms with E-state index in [0.29, 0.717) is 36.6 Å². The van der Waals surface area contributed by atoms with Crippen LogP contribution in [0.25, 0.3) is 0 Å². The maximum absolute atomic E-state index is 12.1. The highest BCUT2D eigenvalue weighted by Crippen LogP contribution is 2.24. The van der Waals surface area contributed by atoms with Crippen molar-refractivity contribution in [1.82, 2.24) is 15.3 Å². The number of nitrogens with zero attached hydrogens (tertiary/aromatic N) is 3. The third kappa shape index (κ3) is 7.32. The lowest BCUT2D eigenvalue weighted by molar-refractivity contribution is -0.125. The lowest BCUT2D eigenvalue weighted by Gasteiger charge is -2.21. The number of amides is 3. The molecule has 11 heteroatoms. The summed E-state index contributed by atoms with van der Waals surface area (Å²) in [5, 5.41) is 5.97. The van der Waals surface area contributed by atoms with Gasteiger partial charge in [-0.05, 0) is 37.5 Å². The van der Waals surface area contributed by atoms with Crippen LogP contribution in [0.15, 0.2) is 24.3 Å². The van der Waals surface area contributed by atoms with Crippen LogP contribution in [0.1, 0.15) is 42.5 Å². The third-order valence-electron chi connectivity index (χ3n) is 5.18. The number of rotatable bonds is 12. The van der Waals surface area contributed by atoms with Crippen molar-refractivity contribution in [2.75, 3.05) is 37.0 Å². The molecule has 0 saturated heterocycles. The SMILES string of the molecule is CCc1nc(C(N)=O)c(Nc2cccc(CCNC(=O)[C@@H](C)COC(N)=O)c2)nc1N(C)CC. The number of benzene rings is 1. The van der Waals surface area contributed by atoms with Crippen LogP contribution in [-0.4, -0.2) is 54.6 Å². The summed E-state index contributed by atoms with van der Waals surface area (Å²) in [6.07, 6.45) is 0.269. The van der Waals surface area contributed by atoms with Gasteiger partial charge in [-0.1, -0.05) is 26.0 Å². The first-order chi connectivity index (χ1) is 16.2. The zero-order valence-corrected chi connectivity index (χ0v) is 20.1. The average Bonchev–Trinajstić information content (AvgIpc) is 2.81. The molecule has 3 amide bonds. The Balaban J connectivity index is 2.12. The van der Waals surface area contributed by atoms with Crippen molar-refractivity contribution in [2.45, 2.75) is 33.6 Å². The topological polar surface area (TPSA) is 166 Å². The molecule has 2 rings (SSSR count). The van der Waals surface area contributed by atoms with Gasteiger partial charge in [-0.3, -0.25) is 9.59 Å². The number of anilines is 3. The predicted octanol–water partition coefficient (Wildman–Crippen LogP) is 1.73. The highest BCUT2D eigenvalue weighted by molar-refractivity contribution is 5.96. The number of nitrogens with two attached hydrogens (primary N) is 2. The van der Waals surface area contributed by atoms with Crippen molar-refractivity contribution in [2.24, 2.45) is 17.4 Å². The van der Waals surface area contributed by atoms with E-state index in [4.69, 9.17) is 11.5 Å². The summed E-state index contributed by atoms with van der Waals surface area (Å²) in [4.78, 5) is 45.9. The van der Waals surface area contributed by atoms with E-state index in [-0.39, 0.29) is 24.0 Å². The summed E-state index contributed by atoms with van der Waals surface area (Å²) in [6.45, 7) is 6.65. The van der Waals surface area contributed by atoms with Crippen molar-refractivity contribution in [3.63, 3.8) is 0 Å². The zero-order valence-electron chi connectivity index (χ0n) is 20.1. The van der Waals surface area contributed by atoms with Crippen molar-refractivity contribution < 1.29 is 19.1 Å². The maximum atomic E-state index is 12.1. The van der Waals surface area contributed by atoms with Gasteiger partial charge in [-0.2, -0.15) is 0 Å². The molecule has 0 aliphatic carbocycles. The van der Waals surface area contributed by atoms with Crippen molar-refractivity contribution in [3.8, 4) is 0 Å². The number of carbonyl (C=O) groups is 3. The molecule has 2 aromatic rings. The van der Waals surface area contributed by atoms with Crippen molar-refractivity contribution >= 4 is 35.2 Å². The van der Waals surface area contributed by atoms with Gasteiger partial charge in [0.05, 0.1) is 11.6 Å². The molecule has 0 aliphatic rings. The lowest BCUT2D eigenvalue weighted by Crippen LogP contribution is -2.34. The second kappa shape index (κ2) is 12.4. The Bertz CT molecular complexity index is 1030. The van der Waals surface area contributed by atoms with Gasteiger partial charge >= 0.3 is 6.09 Å². The normalized spacial score (nSPS) is 11.4. The highest BCUT2D eigenvalue weighted by atomic mass is 16.5. The Kier molecular flexibility index (Phi) is 9.60. The molecule has 0 aliphatic heterocycles. The predicted molar refractivity (Wildman–Crippen MR) is 130 cm³/mol. The zero-order chi connectivity index (χ0) is 25.3. The fourth-order valence-electron chi connectivity index (χ4n) is 3.14. The van der Waals surface area contributed by atoms with Crippen LogP contribution in [0.3, 0.4) is 0 Å². The van der Waals surface area contributed by atoms with E-state index in [0.717, 1.165) is 12.1 Å². The van der Waals surface area contributed by atoms with Gasteiger partial charge in [0.15, 0.2) is 17.3 Å². The van der Waals surface area contributed by atoms with Crippen LogP contribution < -0.4 is 27.0 Å². The molecular weight excluding hydrogens is 438 g/mol. The average molecular weight is 472 g/mol. The van der Waals surface area contributed by atoms with Crippen LogP contribution in [0.5, 0.6) is 0 Å². The summed E-state index contributed by atoms with van der Waals surface area (Å²) in [5.74, 6) is -0.434. The Morgan fingerprint density at radius 3 is 2.53 bits per heavy atom. The monoisotopic (exact) mass is 471 g/mol. The summed E-state index contributed by atoms with van der Waals surface area (Å²) >= 11 is 0. The number of hydrogen-bond donors (Lipinski definition) is 4. The van der Waals surface area contributed by atoms with Crippen LogP contribution in [0, 0.1) is 5.92 Å². The summed E-state index contributed by atoms with van der Waals surface area (Å²) in [5.41, 5.74) is 12.9. The molecule has 0 fully saturated rings. The fraction of sp³-hybridized carbons (Fsp3) is 0.435. The van der Waals surface area contributed by atoms with Gasteiger partial charge in [0.2, 0.25) is 5.91 Å². The minimum Gasteiger partial charge on any atom is -0.449 e. The number of hydrogen-bond acceptors (Lipinski definition) is 8. The highest BCUT2D eigenvalue weighted by Gasteiger charge is 2.19. The van der Waals surface area contributed by atoms with Crippen LogP contribution in [0.4, 0.5) is 22.1 Å². The second-order valence-electron chi connectivity index (χ2n) is 7.82. The molecule has 184 valence electrons. The van der Waals surface area contributed by atoms with E-state index in [1.165, 1.54) is 0 Å². The molecule has 0 radical (unpaired) electrons. The molecular formula is C23H33N7O4. The number of primary amides is 2. The lowest BCUT2D eigenvalue weighted by atomic mass is 10.1. The van der Waals surface area contributed by atoms with Crippen LogP contribution >= 0.6 is 0 Å². The minimum absolute atomic E-state index is 0.0736. The maximum Gasteiger partial charge on any atom is 0.404 e. The molecule has 1 atom stereocenters. The molecule has 0 spiro atoms. The van der Waals surface area contributed by atoms with E-state index in [1.54, 1.807) is 6.92 Å². The summed E-state index contributed by atoms with van der Waals surface area (Å²) in [6, 6.07) is 7.53. The number of aryl methyl sites for hydroxylation is 1. The van der Waals surface area contributed by atoms with E-state index in [2.05, 4.69) is 25.3 Å². The van der Waals surface area contributed by atoms with Gasteiger partial charge in [0.25, 0.3) is 5.91 Å². The largest absolute Gasteiger partial charge is 0.449 e. The Hall–Kier alpha value is -3.89.